The van der Waals surface area contributed by atoms with Gasteiger partial charge in [0.1, 0.15) is 17.5 Å². The molecule has 1 aliphatic heterocycles. The first-order chi connectivity index (χ1) is 17.7. The molecule has 10 nitrogen and oxygen atoms in total. The number of halogens is 3. The van der Waals surface area contributed by atoms with Crippen molar-refractivity contribution in [1.82, 2.24) is 19.9 Å². The molecule has 4 N–H and O–H groups in total. The molecule has 1 unspecified atom stereocenters. The molecule has 0 aliphatic carbocycles. The minimum atomic E-state index is -4.56. The summed E-state index contributed by atoms with van der Waals surface area (Å²) < 4.78 is 40.0. The van der Waals surface area contributed by atoms with Crippen LogP contribution in [0.15, 0.2) is 24.3 Å². The lowest BCUT2D eigenvalue weighted by molar-refractivity contribution is -0.141. The molecule has 0 bridgehead atoms. The number of nitrogens with zero attached hydrogens (tertiary/aromatic N) is 5. The summed E-state index contributed by atoms with van der Waals surface area (Å²) in [5.41, 5.74) is 5.65. The highest BCUT2D eigenvalue weighted by molar-refractivity contribution is 6.03. The zero-order valence-corrected chi connectivity index (χ0v) is 21.3. The summed E-state index contributed by atoms with van der Waals surface area (Å²) >= 11 is 0. The Morgan fingerprint density at radius 1 is 1.18 bits per heavy atom. The van der Waals surface area contributed by atoms with Gasteiger partial charge in [0.05, 0.1) is 28.5 Å². The van der Waals surface area contributed by atoms with E-state index in [-0.39, 0.29) is 35.2 Å². The van der Waals surface area contributed by atoms with Crippen LogP contribution in [0.2, 0.25) is 0 Å². The van der Waals surface area contributed by atoms with Crippen molar-refractivity contribution in [2.45, 2.75) is 32.5 Å². The number of hydrogen-bond acceptors (Lipinski definition) is 8. The molecular weight excluding hydrogens is 503 g/mol. The van der Waals surface area contributed by atoms with Crippen LogP contribution in [0.25, 0.3) is 11.0 Å². The normalized spacial score (nSPS) is 16.5. The summed E-state index contributed by atoms with van der Waals surface area (Å²) in [6.45, 7) is 3.92. The van der Waals surface area contributed by atoms with E-state index in [1.807, 2.05) is 0 Å². The van der Waals surface area contributed by atoms with Gasteiger partial charge in [-0.15, -0.1) is 0 Å². The molecular formula is C25H28F3N7O3. The van der Waals surface area contributed by atoms with E-state index in [1.165, 1.54) is 11.0 Å². The van der Waals surface area contributed by atoms with Gasteiger partial charge in [-0.2, -0.15) is 13.2 Å². The second-order valence-corrected chi connectivity index (χ2v) is 9.57. The first-order valence-electron chi connectivity index (χ1n) is 11.9. The van der Waals surface area contributed by atoms with Crippen LogP contribution in [-0.4, -0.2) is 64.0 Å². The average Bonchev–Trinajstić information content (AvgIpc) is 3.32. The second kappa shape index (κ2) is 9.95. The van der Waals surface area contributed by atoms with E-state index in [9.17, 15) is 27.9 Å². The van der Waals surface area contributed by atoms with Crippen LogP contribution < -0.4 is 16.0 Å². The van der Waals surface area contributed by atoms with Crippen LogP contribution in [0, 0.1) is 12.8 Å². The molecule has 13 heteroatoms. The monoisotopic (exact) mass is 531 g/mol. The topological polar surface area (TPSA) is 138 Å². The van der Waals surface area contributed by atoms with E-state index in [2.05, 4.69) is 20.3 Å². The van der Waals surface area contributed by atoms with Gasteiger partial charge < -0.3 is 26.0 Å². The fraction of sp³-hybridized carbons (Fsp3) is 0.400. The minimum absolute atomic E-state index is 0.0253. The van der Waals surface area contributed by atoms with Crippen LogP contribution in [-0.2, 0) is 11.0 Å². The van der Waals surface area contributed by atoms with E-state index >= 15 is 0 Å². The molecule has 1 aliphatic rings. The fourth-order valence-corrected chi connectivity index (χ4v) is 4.44. The number of benzene rings is 1. The van der Waals surface area contributed by atoms with Crippen LogP contribution in [0.3, 0.4) is 0 Å². The Hall–Kier alpha value is -4.16. The maximum absolute atomic E-state index is 13.3. The third-order valence-electron chi connectivity index (χ3n) is 6.41. The number of nitrogens with two attached hydrogens (primary N) is 1. The quantitative estimate of drug-likeness (QED) is 0.406. The summed E-state index contributed by atoms with van der Waals surface area (Å²) in [4.78, 5) is 41.3. The molecule has 3 aromatic rings. The predicted molar refractivity (Wildman–Crippen MR) is 136 cm³/mol. The number of rotatable bonds is 6. The number of aromatic nitrogens is 3. The molecule has 1 aromatic carbocycles. The lowest BCUT2D eigenvalue weighted by Gasteiger charge is -2.23. The summed E-state index contributed by atoms with van der Waals surface area (Å²) in [5.74, 6) is -0.887. The summed E-state index contributed by atoms with van der Waals surface area (Å²) in [6.07, 6.45) is -4.14. The molecule has 0 spiro atoms. The number of carbonyl (C=O) groups excluding carboxylic acids is 1. The Kier molecular flexibility index (Phi) is 7.04. The second-order valence-electron chi connectivity index (χ2n) is 9.57. The Morgan fingerprint density at radius 2 is 1.89 bits per heavy atom. The number of pyridine rings is 1. The van der Waals surface area contributed by atoms with E-state index in [1.54, 1.807) is 38.9 Å². The van der Waals surface area contributed by atoms with Gasteiger partial charge in [-0.3, -0.25) is 9.59 Å². The van der Waals surface area contributed by atoms with Crippen LogP contribution in [0.5, 0.6) is 0 Å². The highest BCUT2D eigenvalue weighted by Crippen LogP contribution is 2.35. The number of carbonyl (C=O) groups is 2. The standard InChI is InChI=1S/C25H28F3N7O3/c1-12(15-7-16(25(26,27)28)9-17(29)8-15)30-20-18-10-19(23(36)34(3)4)22(33-21(18)32-13(2)31-20)35-6-5-14(11-35)24(37)38/h7-10,12,14H,5-6,11,29H2,1-4H3,(H,37,38)(H,30,31,32,33)/t12-,14?/m1/s1. The molecule has 1 amide bonds. The highest BCUT2D eigenvalue weighted by atomic mass is 19.4. The van der Waals surface area contributed by atoms with E-state index in [0.29, 0.717) is 35.6 Å². The summed E-state index contributed by atoms with van der Waals surface area (Å²) in [7, 11) is 3.18. The molecule has 0 saturated carbocycles. The SMILES string of the molecule is Cc1nc(N[C@H](C)c2cc(N)cc(C(F)(F)F)c2)c2cc(C(=O)N(C)C)c(N3CCC(C(=O)O)C3)nc2n1. The van der Waals surface area contributed by atoms with Gasteiger partial charge in [0, 0.05) is 32.9 Å². The lowest BCUT2D eigenvalue weighted by Crippen LogP contribution is -2.29. The summed E-state index contributed by atoms with van der Waals surface area (Å²) in [5, 5.41) is 12.9. The number of nitrogen functional groups attached to an aromatic ring is 1. The molecule has 2 atom stereocenters. The number of anilines is 3. The van der Waals surface area contributed by atoms with Crippen LogP contribution in [0.4, 0.5) is 30.5 Å². The van der Waals surface area contributed by atoms with E-state index in [0.717, 1.165) is 12.1 Å². The zero-order chi connectivity index (χ0) is 27.9. The van der Waals surface area contributed by atoms with Gasteiger partial charge in [-0.05, 0) is 50.1 Å². The third-order valence-corrected chi connectivity index (χ3v) is 6.41. The lowest BCUT2D eigenvalue weighted by atomic mass is 10.0. The number of alkyl halides is 3. The highest BCUT2D eigenvalue weighted by Gasteiger charge is 2.33. The molecule has 1 fully saturated rings. The van der Waals surface area contributed by atoms with Crippen LogP contribution >= 0.6 is 0 Å². The fourth-order valence-electron chi connectivity index (χ4n) is 4.44. The van der Waals surface area contributed by atoms with Gasteiger partial charge in [-0.25, -0.2) is 15.0 Å². The maximum atomic E-state index is 13.3. The van der Waals surface area contributed by atoms with Crippen molar-refractivity contribution in [1.29, 1.82) is 0 Å². The number of carboxylic acid groups (broad SMARTS) is 1. The smallest absolute Gasteiger partial charge is 0.416 e. The Labute approximate surface area is 216 Å². The molecule has 0 radical (unpaired) electrons. The summed E-state index contributed by atoms with van der Waals surface area (Å²) in [6, 6.07) is 4.29. The molecule has 202 valence electrons. The molecule has 3 heterocycles. The number of hydrogen-bond donors (Lipinski definition) is 3. The number of fused-ring (bicyclic) bond motifs is 1. The number of aryl methyl sites for hydroxylation is 1. The third kappa shape index (κ3) is 5.41. The van der Waals surface area contributed by atoms with E-state index in [4.69, 9.17) is 5.73 Å². The Morgan fingerprint density at radius 3 is 2.50 bits per heavy atom. The molecule has 38 heavy (non-hydrogen) atoms. The van der Waals surface area contributed by atoms with Crippen molar-refractivity contribution in [2.75, 3.05) is 43.1 Å². The number of nitrogens with one attached hydrogen (secondary N) is 1. The largest absolute Gasteiger partial charge is 0.481 e. The molecule has 1 saturated heterocycles. The first kappa shape index (κ1) is 26.9. The Balaban J connectivity index is 1.79. The van der Waals surface area contributed by atoms with Crippen molar-refractivity contribution in [3.63, 3.8) is 0 Å². The van der Waals surface area contributed by atoms with Gasteiger partial charge in [-0.1, -0.05) is 0 Å². The van der Waals surface area contributed by atoms with Gasteiger partial charge in [0.2, 0.25) is 0 Å². The molecule has 2 aromatic heterocycles. The minimum Gasteiger partial charge on any atom is -0.481 e. The first-order valence-corrected chi connectivity index (χ1v) is 11.9. The van der Waals surface area contributed by atoms with Crippen molar-refractivity contribution < 1.29 is 27.9 Å². The molecule has 4 rings (SSSR count). The Bertz CT molecular complexity index is 1410. The van der Waals surface area contributed by atoms with Gasteiger partial charge >= 0.3 is 12.1 Å². The number of carboxylic acids is 1. The predicted octanol–water partition coefficient (Wildman–Crippen LogP) is 3.72. The van der Waals surface area contributed by atoms with Gasteiger partial charge in [0.25, 0.3) is 5.91 Å². The number of aliphatic carboxylic acids is 1. The van der Waals surface area contributed by atoms with Crippen molar-refractivity contribution in [2.24, 2.45) is 5.92 Å². The number of amides is 1. The van der Waals surface area contributed by atoms with Crippen molar-refractivity contribution in [3.8, 4) is 0 Å². The van der Waals surface area contributed by atoms with Crippen LogP contribution in [0.1, 0.15) is 46.7 Å². The van der Waals surface area contributed by atoms with E-state index < -0.39 is 29.7 Å². The zero-order valence-electron chi connectivity index (χ0n) is 21.3. The average molecular weight is 532 g/mol. The maximum Gasteiger partial charge on any atom is 0.416 e. The van der Waals surface area contributed by atoms with Crippen molar-refractivity contribution >= 4 is 40.2 Å². The van der Waals surface area contributed by atoms with Gasteiger partial charge in [0.15, 0.2) is 5.65 Å². The van der Waals surface area contributed by atoms with Crippen molar-refractivity contribution in [3.05, 3.63) is 46.8 Å².